The molecule has 0 N–H and O–H groups in total. The Morgan fingerprint density at radius 1 is 0.625 bits per heavy atom. The molecular weight excluding hydrogens is 831 g/mol. The smallest absolute Gasteiger partial charge is 0.275 e. The Labute approximate surface area is 390 Å². The highest BCUT2D eigenvalue weighted by Crippen LogP contribution is 2.53. The summed E-state index contributed by atoms with van der Waals surface area (Å²) in [4.78, 5) is 0. The van der Waals surface area contributed by atoms with Crippen molar-refractivity contribution in [1.29, 1.82) is 0 Å². The van der Waals surface area contributed by atoms with Crippen molar-refractivity contribution in [2.75, 3.05) is 20.8 Å². The van der Waals surface area contributed by atoms with E-state index in [1.54, 1.807) is 14.2 Å². The second-order valence-electron chi connectivity index (χ2n) is 21.2. The summed E-state index contributed by atoms with van der Waals surface area (Å²) in [6.07, 6.45) is 8.91. The minimum absolute atomic E-state index is 0. The van der Waals surface area contributed by atoms with E-state index in [0.717, 1.165) is 82.3 Å². The molecule has 4 atom stereocenters. The average molecular weight is 907 g/mol. The van der Waals surface area contributed by atoms with E-state index in [4.69, 9.17) is 27.6 Å². The van der Waals surface area contributed by atoms with Crippen LogP contribution in [0.4, 0.5) is 0 Å². The Balaban J connectivity index is 0.00000771. The number of rotatable bonds is 14. The van der Waals surface area contributed by atoms with E-state index >= 15 is 0 Å². The maximum atomic E-state index is 7.09. The summed E-state index contributed by atoms with van der Waals surface area (Å²) in [5.74, 6) is 4.56. The lowest BCUT2D eigenvalue weighted by atomic mass is 9.67. The maximum absolute atomic E-state index is 7.09. The number of hydrogen-bond donors (Lipinski definition) is 0. The fourth-order valence-corrected chi connectivity index (χ4v) is 9.88. The molecule has 2 aliphatic rings. The Morgan fingerprint density at radius 2 is 1.23 bits per heavy atom. The fourth-order valence-electron chi connectivity index (χ4n) is 8.64. The number of benzene rings is 4. The van der Waals surface area contributed by atoms with Gasteiger partial charge in [-0.1, -0.05) is 169 Å². The fraction of sp³-hybridized carbons (Fsp3) is 0.464. The minimum atomic E-state index is -0.322. The zero-order chi connectivity index (χ0) is 45.7. The van der Waals surface area contributed by atoms with Gasteiger partial charge in [0.25, 0.3) is 9.03 Å². The highest BCUT2D eigenvalue weighted by atomic mass is 31.1. The van der Waals surface area contributed by atoms with Gasteiger partial charge in [-0.3, -0.25) is 0 Å². The third kappa shape index (κ3) is 12.0. The molecule has 4 aromatic rings. The predicted molar refractivity (Wildman–Crippen MR) is 274 cm³/mol. The molecule has 0 fully saturated rings. The molecule has 0 amide bonds. The molecule has 6 rings (SSSR count). The second-order valence-corrected chi connectivity index (χ2v) is 22.4. The van der Waals surface area contributed by atoms with E-state index in [2.05, 4.69) is 138 Å². The highest BCUT2D eigenvalue weighted by Gasteiger charge is 2.39. The molecule has 346 valence electrons. The van der Waals surface area contributed by atoms with Crippen molar-refractivity contribution in [1.82, 2.24) is 0 Å². The number of para-hydroxylation sites is 3. The first-order valence-corrected chi connectivity index (χ1v) is 24.2. The zero-order valence-corrected chi connectivity index (χ0v) is 42.4. The third-order valence-corrected chi connectivity index (χ3v) is 13.6. The van der Waals surface area contributed by atoms with E-state index in [1.165, 1.54) is 22.3 Å². The molecule has 4 unspecified atom stereocenters. The van der Waals surface area contributed by atoms with Gasteiger partial charge in [0, 0.05) is 45.2 Å². The highest BCUT2D eigenvalue weighted by molar-refractivity contribution is 7.27. The van der Waals surface area contributed by atoms with Crippen molar-refractivity contribution in [3.8, 4) is 34.1 Å². The lowest BCUT2D eigenvalue weighted by Crippen LogP contribution is -2.29. The number of ether oxygens (including phenoxy) is 2. The number of methoxy groups -OCH3 is 2. The normalized spacial score (nSPS) is 17.6. The first-order valence-electron chi connectivity index (χ1n) is 22.5. The number of allylic oxidation sites excluding steroid dienone is 5. The lowest BCUT2D eigenvalue weighted by molar-refractivity contribution is 0.198. The van der Waals surface area contributed by atoms with Gasteiger partial charge in [0.05, 0.1) is 20.8 Å². The molecule has 0 bridgehead atoms. The van der Waals surface area contributed by atoms with Gasteiger partial charge in [-0.25, -0.2) is 0 Å². The minimum Gasteiger partial charge on any atom is -0.496 e. The standard InChI is InChI=1S/C55H72O6P2.CH4/c1-52(2,3)37-31-43(50(45(33-37)54(7,8)9)60-62-58-35-36-23-15-16-24-39(36)40-25-17-20-28-47(40)56-13)44-32-38(53(4,5)6)34-46(55(10,11)12)51(44)61-63-59-49-30-22-19-27-42(49)41-26-18-21-29-48(41)57-14;/h17-23,25-32,34,39,45,62-63H,15-16,24,33,35H2,1-14H3;1H4. The van der Waals surface area contributed by atoms with Crippen molar-refractivity contribution >= 4 is 23.6 Å². The summed E-state index contributed by atoms with van der Waals surface area (Å²) in [7, 11) is 2.94. The van der Waals surface area contributed by atoms with Crippen LogP contribution in [0.3, 0.4) is 0 Å². The van der Waals surface area contributed by atoms with Crippen molar-refractivity contribution in [3.63, 3.8) is 0 Å². The Bertz CT molecular complexity index is 2310. The molecule has 0 aromatic heterocycles. The summed E-state index contributed by atoms with van der Waals surface area (Å²) in [5, 5.41) is 0. The van der Waals surface area contributed by atoms with Gasteiger partial charge in [0.15, 0.2) is 0 Å². The Kier molecular flexibility index (Phi) is 16.7. The van der Waals surface area contributed by atoms with Crippen molar-refractivity contribution in [2.24, 2.45) is 16.7 Å². The molecule has 8 heteroatoms. The van der Waals surface area contributed by atoms with E-state index in [0.29, 0.717) is 6.61 Å². The van der Waals surface area contributed by atoms with Crippen LogP contribution in [0, 0.1) is 16.7 Å². The summed E-state index contributed by atoms with van der Waals surface area (Å²) < 4.78 is 38.9. The second kappa shape index (κ2) is 21.0. The van der Waals surface area contributed by atoms with E-state index < -0.39 is 0 Å². The predicted octanol–water partition coefficient (Wildman–Crippen LogP) is 16.8. The van der Waals surface area contributed by atoms with Crippen LogP contribution >= 0.6 is 18.1 Å². The van der Waals surface area contributed by atoms with Gasteiger partial charge in [-0.05, 0) is 82.7 Å². The van der Waals surface area contributed by atoms with Gasteiger partial charge < -0.3 is 27.6 Å². The van der Waals surface area contributed by atoms with Crippen molar-refractivity contribution in [3.05, 3.63) is 136 Å². The van der Waals surface area contributed by atoms with Crippen molar-refractivity contribution in [2.45, 2.75) is 133 Å². The molecule has 0 spiro atoms. The molecule has 2 aliphatic carbocycles. The first-order chi connectivity index (χ1) is 29.7. The van der Waals surface area contributed by atoms with Gasteiger partial charge in [-0.2, -0.15) is 0 Å². The number of hydrogen-bond acceptors (Lipinski definition) is 6. The molecule has 0 aliphatic heterocycles. The van der Waals surface area contributed by atoms with E-state index in [1.807, 2.05) is 42.5 Å². The monoisotopic (exact) mass is 907 g/mol. The van der Waals surface area contributed by atoms with E-state index in [9.17, 15) is 0 Å². The van der Waals surface area contributed by atoms with Crippen LogP contribution in [0.1, 0.15) is 144 Å². The third-order valence-electron chi connectivity index (χ3n) is 12.5. The van der Waals surface area contributed by atoms with Gasteiger partial charge in [-0.15, -0.1) is 0 Å². The summed E-state index contributed by atoms with van der Waals surface area (Å²) in [5.41, 5.74) is 9.67. The zero-order valence-electron chi connectivity index (χ0n) is 40.4. The molecular formula is C56H76O6P2. The Morgan fingerprint density at radius 3 is 1.84 bits per heavy atom. The lowest BCUT2D eigenvalue weighted by Gasteiger charge is -2.40. The molecule has 0 saturated carbocycles. The molecule has 0 radical (unpaired) electrons. The van der Waals surface area contributed by atoms with Crippen LogP contribution in [0.2, 0.25) is 0 Å². The SMILES string of the molecule is C.COc1ccccc1-c1ccccc1OPOc1c(C2=C(OPOCC3=CCCCC3c3ccccc3OC)C(C(C)(C)C)CC(C(C)(C)C)=C2)cc(C(C)(C)C)cc1C(C)(C)C. The van der Waals surface area contributed by atoms with Crippen LogP contribution < -0.4 is 18.5 Å². The molecule has 4 aromatic carbocycles. The molecule has 0 heterocycles. The van der Waals surface area contributed by atoms with E-state index in [-0.39, 0.29) is 59.0 Å². The quantitative estimate of drug-likeness (QED) is 0.0714. The summed E-state index contributed by atoms with van der Waals surface area (Å²) >= 11 is 0. The Hall–Kier alpha value is -4.08. The largest absolute Gasteiger partial charge is 0.496 e. The van der Waals surface area contributed by atoms with Gasteiger partial charge >= 0.3 is 0 Å². The summed E-state index contributed by atoms with van der Waals surface area (Å²) in [6, 6.07) is 29.2. The maximum Gasteiger partial charge on any atom is 0.275 e. The molecule has 64 heavy (non-hydrogen) atoms. The average Bonchev–Trinajstić information content (AvgIpc) is 3.23. The van der Waals surface area contributed by atoms with Crippen molar-refractivity contribution < 1.29 is 27.6 Å². The van der Waals surface area contributed by atoms with Crippen LogP contribution in [0.15, 0.2) is 114 Å². The molecule has 6 nitrogen and oxygen atoms in total. The first kappa shape index (κ1) is 50.9. The van der Waals surface area contributed by atoms with Crippen LogP contribution in [-0.4, -0.2) is 20.8 Å². The summed E-state index contributed by atoms with van der Waals surface area (Å²) in [6.45, 7) is 28.1. The van der Waals surface area contributed by atoms with Crippen LogP contribution in [0.5, 0.6) is 23.0 Å². The molecule has 0 saturated heterocycles. The van der Waals surface area contributed by atoms with Crippen LogP contribution in [0.25, 0.3) is 16.7 Å². The van der Waals surface area contributed by atoms with Crippen LogP contribution in [-0.2, 0) is 19.9 Å². The topological polar surface area (TPSA) is 55.4 Å². The van der Waals surface area contributed by atoms with Gasteiger partial charge in [0.2, 0.25) is 9.03 Å². The van der Waals surface area contributed by atoms with Gasteiger partial charge in [0.1, 0.15) is 28.8 Å².